The molecule has 3 fully saturated rings. The molecule has 1 unspecified atom stereocenters. The lowest BCUT2D eigenvalue weighted by molar-refractivity contribution is -0.136. The fraction of sp³-hybridized carbons (Fsp3) is 0.500. The van der Waals surface area contributed by atoms with Gasteiger partial charge in [-0.15, -0.1) is 0 Å². The van der Waals surface area contributed by atoms with Crippen LogP contribution in [-0.4, -0.2) is 151 Å². The number of nitrogens with one attached hydrogen (secondary N) is 3. The predicted octanol–water partition coefficient (Wildman–Crippen LogP) is 4.53. The molecule has 2 amide bonds. The second-order valence-corrected chi connectivity index (χ2v) is 18.2. The summed E-state index contributed by atoms with van der Waals surface area (Å²) in [6.07, 6.45) is 3.08. The smallest absolute Gasteiger partial charge is 0.379 e. The maximum Gasteiger partial charge on any atom is 0.418 e. The number of piperazine rings is 1. The second-order valence-electron chi connectivity index (χ2n) is 18.2. The van der Waals surface area contributed by atoms with E-state index in [2.05, 4.69) is 20.0 Å². The van der Waals surface area contributed by atoms with Gasteiger partial charge in [0.25, 0.3) is 5.91 Å². The standard InChI is InChI=1S/C48H59F3N10O6/c1-54-44(63)41(8-4-20-62)60-28-34-23-36(9-10-39(34)45(60)64)58-18-16-56(17-19-58)13-5-21-67-38-11-14-57(15-12-38)26-33-22-40(48(49,50)51)42-29-59(46(65)61(42)27-33)37-7-3-6-35(24-37)47(30-66-31-47)25-43(53)55(2)32-52/h3,6-7,9-10,20,22-24,27,29,32,38,41,52-53H,4-5,8,11-19,21,25-26,28,30-31H2,1-2H3,(H,54,63). The van der Waals surface area contributed by atoms with E-state index in [9.17, 15) is 32.3 Å². The minimum atomic E-state index is -4.70. The summed E-state index contributed by atoms with van der Waals surface area (Å²) >= 11 is 0. The average Bonchev–Trinajstić information content (AvgIpc) is 3.83. The maximum atomic E-state index is 14.6. The van der Waals surface area contributed by atoms with Crippen molar-refractivity contribution in [2.24, 2.45) is 0 Å². The molecule has 19 heteroatoms. The van der Waals surface area contributed by atoms with Crippen molar-refractivity contribution in [3.8, 4) is 5.69 Å². The van der Waals surface area contributed by atoms with Crippen LogP contribution in [0.25, 0.3) is 11.2 Å². The fourth-order valence-electron chi connectivity index (χ4n) is 9.83. The topological polar surface area (TPSA) is 172 Å². The molecule has 358 valence electrons. The van der Waals surface area contributed by atoms with E-state index in [1.807, 2.05) is 24.3 Å². The van der Waals surface area contributed by atoms with Crippen LogP contribution in [0.5, 0.6) is 0 Å². The third-order valence-electron chi connectivity index (χ3n) is 13.8. The Morgan fingerprint density at radius 2 is 1.78 bits per heavy atom. The molecule has 4 aliphatic rings. The average molecular weight is 929 g/mol. The minimum Gasteiger partial charge on any atom is -0.379 e. The Labute approximate surface area is 387 Å². The van der Waals surface area contributed by atoms with Gasteiger partial charge in [0.1, 0.15) is 18.2 Å². The van der Waals surface area contributed by atoms with Gasteiger partial charge in [0.2, 0.25) is 5.91 Å². The van der Waals surface area contributed by atoms with Gasteiger partial charge in [-0.25, -0.2) is 4.79 Å². The van der Waals surface area contributed by atoms with E-state index in [1.165, 1.54) is 28.9 Å². The van der Waals surface area contributed by atoms with Crippen molar-refractivity contribution < 1.29 is 37.0 Å². The number of carbonyl (C=O) groups excluding carboxylic acids is 3. The first-order valence-electron chi connectivity index (χ1n) is 23.0. The summed E-state index contributed by atoms with van der Waals surface area (Å²) in [5, 5.41) is 18.6. The Kier molecular flexibility index (Phi) is 14.3. The molecule has 3 N–H and O–H groups in total. The Morgan fingerprint density at radius 3 is 2.45 bits per heavy atom. The van der Waals surface area contributed by atoms with Gasteiger partial charge in [0.05, 0.1) is 42.4 Å². The van der Waals surface area contributed by atoms with E-state index in [0.29, 0.717) is 62.7 Å². The van der Waals surface area contributed by atoms with Crippen LogP contribution in [-0.2, 0) is 43.7 Å². The molecule has 0 radical (unpaired) electrons. The highest BCUT2D eigenvalue weighted by molar-refractivity contribution is 6.01. The van der Waals surface area contributed by atoms with Crippen LogP contribution in [0.15, 0.2) is 65.7 Å². The van der Waals surface area contributed by atoms with Crippen molar-refractivity contribution in [2.45, 2.75) is 75.4 Å². The van der Waals surface area contributed by atoms with Crippen LogP contribution in [0.3, 0.4) is 0 Å². The third-order valence-corrected chi connectivity index (χ3v) is 13.8. The van der Waals surface area contributed by atoms with E-state index >= 15 is 0 Å². The van der Waals surface area contributed by atoms with Crippen LogP contribution in [0.2, 0.25) is 0 Å². The highest BCUT2D eigenvalue weighted by Crippen LogP contribution is 2.38. The number of amides is 2. The number of halogens is 3. The third kappa shape index (κ3) is 10.2. The molecular weight excluding hydrogens is 870 g/mol. The molecule has 2 aromatic carbocycles. The minimum absolute atomic E-state index is 0.0566. The molecule has 16 nitrogen and oxygen atoms in total. The molecule has 8 rings (SSSR count). The lowest BCUT2D eigenvalue weighted by Gasteiger charge is -2.42. The number of ether oxygens (including phenoxy) is 2. The van der Waals surface area contributed by atoms with Gasteiger partial charge in [-0.1, -0.05) is 12.1 Å². The predicted molar refractivity (Wildman–Crippen MR) is 246 cm³/mol. The largest absolute Gasteiger partial charge is 0.418 e. The van der Waals surface area contributed by atoms with Gasteiger partial charge in [-0.3, -0.25) is 39.2 Å². The van der Waals surface area contributed by atoms with E-state index in [1.54, 1.807) is 30.1 Å². The lowest BCUT2D eigenvalue weighted by atomic mass is 9.75. The summed E-state index contributed by atoms with van der Waals surface area (Å²) in [6.45, 7) is 7.49. The number of aldehydes is 1. The molecule has 2 aromatic heterocycles. The summed E-state index contributed by atoms with van der Waals surface area (Å²) in [5.41, 5.74) is 1.83. The number of anilines is 1. The molecule has 0 bridgehead atoms. The molecule has 67 heavy (non-hydrogen) atoms. The Bertz CT molecular complexity index is 2540. The number of aromatic nitrogens is 2. The number of amidine groups is 1. The summed E-state index contributed by atoms with van der Waals surface area (Å²) < 4.78 is 58.0. The number of likely N-dealkylation sites (N-methyl/N-ethyl adjacent to an activating group) is 1. The Balaban J connectivity index is 0.810. The molecule has 0 saturated carbocycles. The highest BCUT2D eigenvalue weighted by Gasteiger charge is 2.42. The van der Waals surface area contributed by atoms with Gasteiger partial charge < -0.3 is 34.3 Å². The lowest BCUT2D eigenvalue weighted by Crippen LogP contribution is -2.49. The van der Waals surface area contributed by atoms with Gasteiger partial charge in [0, 0.05) is 122 Å². The SMILES string of the molecule is CNC(=O)C(CCC=O)N1Cc2cc(N3CCN(CCCOC4CCN(Cc5cc(C(F)(F)F)c6cn(-c7cccc(C8(CC(=N)N(C)C=N)COC8)c7)c(=O)n6c5)CC4)CC3)ccc2C1=O. The summed E-state index contributed by atoms with van der Waals surface area (Å²) in [4.78, 5) is 60.5. The van der Waals surface area contributed by atoms with Gasteiger partial charge in [-0.05, 0) is 78.8 Å². The summed E-state index contributed by atoms with van der Waals surface area (Å²) in [7, 11) is 3.15. The number of alkyl halides is 3. The molecule has 0 aliphatic carbocycles. The van der Waals surface area contributed by atoms with Gasteiger partial charge >= 0.3 is 11.9 Å². The number of hydrogen-bond acceptors (Lipinski definition) is 11. The first-order chi connectivity index (χ1) is 32.2. The zero-order chi connectivity index (χ0) is 47.5. The molecule has 6 heterocycles. The molecule has 0 spiro atoms. The van der Waals surface area contributed by atoms with Crippen molar-refractivity contribution in [1.29, 1.82) is 10.8 Å². The first-order valence-corrected chi connectivity index (χ1v) is 23.0. The highest BCUT2D eigenvalue weighted by atomic mass is 19.4. The van der Waals surface area contributed by atoms with Crippen molar-refractivity contribution in [3.63, 3.8) is 0 Å². The molecule has 4 aromatic rings. The fourth-order valence-corrected chi connectivity index (χ4v) is 9.83. The summed E-state index contributed by atoms with van der Waals surface area (Å²) in [6, 6.07) is 13.4. The van der Waals surface area contributed by atoms with Gasteiger partial charge in [0.15, 0.2) is 0 Å². The zero-order valence-corrected chi connectivity index (χ0v) is 38.0. The van der Waals surface area contributed by atoms with Crippen LogP contribution in [0.4, 0.5) is 18.9 Å². The molecule has 1 atom stereocenters. The number of carbonyl (C=O) groups is 3. The molecule has 3 saturated heterocycles. The Hall–Kier alpha value is -5.89. The number of benzene rings is 2. The monoisotopic (exact) mass is 928 g/mol. The van der Waals surface area contributed by atoms with Crippen molar-refractivity contribution in [1.82, 2.24) is 33.9 Å². The number of rotatable bonds is 18. The maximum absolute atomic E-state index is 14.6. The first kappa shape index (κ1) is 47.6. The normalized spacial score (nSPS) is 18.4. The van der Waals surface area contributed by atoms with E-state index in [-0.39, 0.29) is 48.7 Å². The number of imidazole rings is 1. The van der Waals surface area contributed by atoms with E-state index in [4.69, 9.17) is 20.3 Å². The van der Waals surface area contributed by atoms with Crippen LogP contribution >= 0.6 is 0 Å². The van der Waals surface area contributed by atoms with Gasteiger partial charge in [-0.2, -0.15) is 13.2 Å². The summed E-state index contributed by atoms with van der Waals surface area (Å²) in [5.74, 6) is -0.250. The van der Waals surface area contributed by atoms with Crippen LogP contribution in [0, 0.1) is 10.8 Å². The van der Waals surface area contributed by atoms with Crippen molar-refractivity contribution >= 4 is 41.5 Å². The number of fused-ring (bicyclic) bond motifs is 2. The molecule has 4 aliphatic heterocycles. The van der Waals surface area contributed by atoms with E-state index in [0.717, 1.165) is 91.9 Å². The van der Waals surface area contributed by atoms with E-state index < -0.39 is 28.9 Å². The van der Waals surface area contributed by atoms with Crippen molar-refractivity contribution in [3.05, 3.63) is 99.2 Å². The number of pyridine rings is 1. The second kappa shape index (κ2) is 20.1. The van der Waals surface area contributed by atoms with Crippen molar-refractivity contribution in [2.75, 3.05) is 84.6 Å². The number of hydrogen-bond donors (Lipinski definition) is 3. The number of piperidine rings is 1. The molecular formula is C48H59F3N10O6. The van der Waals surface area contributed by atoms with Crippen LogP contribution in [0.1, 0.15) is 71.1 Å². The Morgan fingerprint density at radius 1 is 1.01 bits per heavy atom. The number of likely N-dealkylation sites (tertiary alicyclic amines) is 1. The zero-order valence-electron chi connectivity index (χ0n) is 38.0. The van der Waals surface area contributed by atoms with Crippen LogP contribution < -0.4 is 15.9 Å². The number of nitrogens with zero attached hydrogens (tertiary/aromatic N) is 7. The quantitative estimate of drug-likeness (QED) is 0.0558.